The van der Waals surface area contributed by atoms with Gasteiger partial charge in [-0.15, -0.1) is 0 Å². The molecule has 2 amide bonds. The van der Waals surface area contributed by atoms with Crippen LogP contribution in [0, 0.1) is 6.92 Å². The first kappa shape index (κ1) is 23.4. The van der Waals surface area contributed by atoms with Crippen molar-refractivity contribution in [3.05, 3.63) is 59.7 Å². The van der Waals surface area contributed by atoms with Gasteiger partial charge in [-0.2, -0.15) is 4.31 Å². The number of hydrogen-bond acceptors (Lipinski definition) is 5. The van der Waals surface area contributed by atoms with E-state index in [9.17, 15) is 18.0 Å². The molecule has 0 aliphatic carbocycles. The Hall–Kier alpha value is -2.91. The van der Waals surface area contributed by atoms with E-state index >= 15 is 0 Å². The Kier molecular flexibility index (Phi) is 7.96. The predicted octanol–water partition coefficient (Wildman–Crippen LogP) is 1.97. The smallest absolute Gasteiger partial charge is 0.276 e. The first-order chi connectivity index (χ1) is 14.1. The molecule has 0 saturated heterocycles. The Morgan fingerprint density at radius 2 is 1.67 bits per heavy atom. The molecule has 0 unspecified atom stereocenters. The second-order valence-electron chi connectivity index (χ2n) is 7.19. The molecule has 8 nitrogen and oxygen atoms in total. The van der Waals surface area contributed by atoms with Crippen molar-refractivity contribution in [2.45, 2.75) is 31.6 Å². The quantitative estimate of drug-likeness (QED) is 0.620. The van der Waals surface area contributed by atoms with Crippen LogP contribution in [0.2, 0.25) is 0 Å². The number of benzene rings is 2. The monoisotopic (exact) mass is 433 g/mol. The fourth-order valence-corrected chi connectivity index (χ4v) is 3.63. The number of likely N-dealkylation sites (N-methyl/N-ethyl adjacent to an activating group) is 1. The van der Waals surface area contributed by atoms with Crippen LogP contribution in [0.3, 0.4) is 0 Å². The molecule has 0 heterocycles. The molecule has 0 bridgehead atoms. The fraction of sp³-hybridized carbons (Fsp3) is 0.333. The highest BCUT2D eigenvalue weighted by molar-refractivity contribution is 7.89. The van der Waals surface area contributed by atoms with E-state index in [1.165, 1.54) is 19.2 Å². The first-order valence-electron chi connectivity index (χ1n) is 9.43. The Morgan fingerprint density at radius 1 is 1.03 bits per heavy atom. The van der Waals surface area contributed by atoms with Crippen molar-refractivity contribution in [3.63, 3.8) is 0 Å². The van der Waals surface area contributed by atoms with Crippen molar-refractivity contribution in [1.82, 2.24) is 15.2 Å². The highest BCUT2D eigenvalue weighted by atomic mass is 32.2. The van der Waals surface area contributed by atoms with Crippen molar-refractivity contribution in [3.8, 4) is 5.75 Å². The van der Waals surface area contributed by atoms with E-state index < -0.39 is 28.4 Å². The number of ether oxygens (including phenoxy) is 1. The van der Waals surface area contributed by atoms with Gasteiger partial charge in [0.15, 0.2) is 6.61 Å². The fourth-order valence-electron chi connectivity index (χ4n) is 2.50. The zero-order valence-corrected chi connectivity index (χ0v) is 18.3. The van der Waals surface area contributed by atoms with Gasteiger partial charge < -0.3 is 4.74 Å². The second-order valence-corrected chi connectivity index (χ2v) is 9.23. The van der Waals surface area contributed by atoms with Crippen LogP contribution in [-0.4, -0.2) is 44.7 Å². The largest absolute Gasteiger partial charge is 0.484 e. The molecule has 0 fully saturated rings. The molecule has 0 radical (unpaired) electrons. The summed E-state index contributed by atoms with van der Waals surface area (Å²) in [6, 6.07) is 13.7. The Labute approximate surface area is 177 Å². The summed E-state index contributed by atoms with van der Waals surface area (Å²) in [4.78, 5) is 24.0. The maximum Gasteiger partial charge on any atom is 0.276 e. The van der Waals surface area contributed by atoms with E-state index in [2.05, 4.69) is 24.7 Å². The first-order valence-corrected chi connectivity index (χ1v) is 10.9. The third kappa shape index (κ3) is 6.57. The van der Waals surface area contributed by atoms with Crippen molar-refractivity contribution in [1.29, 1.82) is 0 Å². The topological polar surface area (TPSA) is 105 Å². The summed E-state index contributed by atoms with van der Waals surface area (Å²) in [6.07, 6.45) is 0. The molecule has 2 aromatic carbocycles. The summed E-state index contributed by atoms with van der Waals surface area (Å²) >= 11 is 0. The molecule has 0 aliphatic rings. The van der Waals surface area contributed by atoms with E-state index in [4.69, 9.17) is 4.74 Å². The summed E-state index contributed by atoms with van der Waals surface area (Å²) in [5.74, 6) is -0.368. The minimum Gasteiger partial charge on any atom is -0.484 e. The Bertz CT molecular complexity index is 988. The van der Waals surface area contributed by atoms with Crippen LogP contribution in [-0.2, 0) is 19.6 Å². The molecule has 2 N–H and O–H groups in total. The number of carbonyl (C=O) groups excluding carboxylic acids is 2. The van der Waals surface area contributed by atoms with E-state index in [1.807, 2.05) is 25.1 Å². The standard InChI is InChI=1S/C21H27N3O5S/c1-15(2)17-6-5-7-18(12-17)29-14-21(26)23-22-20(25)13-24(4)30(27,28)19-10-8-16(3)9-11-19/h5-12,15H,13-14H2,1-4H3,(H,22,25)(H,23,26). The molecule has 162 valence electrons. The maximum atomic E-state index is 12.5. The maximum absolute atomic E-state index is 12.5. The number of carbonyl (C=O) groups is 2. The number of hydrogen-bond donors (Lipinski definition) is 2. The molecular weight excluding hydrogens is 406 g/mol. The zero-order valence-electron chi connectivity index (χ0n) is 17.5. The lowest BCUT2D eigenvalue weighted by Gasteiger charge is -2.17. The third-order valence-electron chi connectivity index (χ3n) is 4.33. The Morgan fingerprint density at radius 3 is 2.30 bits per heavy atom. The summed E-state index contributed by atoms with van der Waals surface area (Å²) in [5.41, 5.74) is 6.41. The second kappa shape index (κ2) is 10.2. The molecule has 0 spiro atoms. The summed E-state index contributed by atoms with van der Waals surface area (Å²) in [6.45, 7) is 5.21. The van der Waals surface area contributed by atoms with Crippen molar-refractivity contribution in [2.24, 2.45) is 0 Å². The molecule has 0 atom stereocenters. The van der Waals surface area contributed by atoms with Crippen molar-refractivity contribution >= 4 is 21.8 Å². The van der Waals surface area contributed by atoms with Gasteiger partial charge in [0.05, 0.1) is 11.4 Å². The lowest BCUT2D eigenvalue weighted by Crippen LogP contribution is -2.48. The lowest BCUT2D eigenvalue weighted by atomic mass is 10.0. The minimum absolute atomic E-state index is 0.0875. The van der Waals surface area contributed by atoms with Gasteiger partial charge in [-0.1, -0.05) is 43.7 Å². The van der Waals surface area contributed by atoms with Crippen LogP contribution >= 0.6 is 0 Å². The van der Waals surface area contributed by atoms with Crippen molar-refractivity contribution < 1.29 is 22.7 Å². The number of sulfonamides is 1. The molecular formula is C21H27N3O5S. The number of nitrogens with zero attached hydrogens (tertiary/aromatic N) is 1. The Balaban J connectivity index is 1.81. The molecule has 0 aliphatic heterocycles. The number of amides is 2. The van der Waals surface area contributed by atoms with Crippen LogP contribution in [0.1, 0.15) is 30.9 Å². The summed E-state index contributed by atoms with van der Waals surface area (Å²) < 4.78 is 31.3. The van der Waals surface area contributed by atoms with Gasteiger partial charge in [0.1, 0.15) is 5.75 Å². The average Bonchev–Trinajstić information content (AvgIpc) is 2.71. The van der Waals surface area contributed by atoms with Gasteiger partial charge in [-0.05, 0) is 42.7 Å². The zero-order chi connectivity index (χ0) is 22.3. The van der Waals surface area contributed by atoms with Gasteiger partial charge in [0.2, 0.25) is 10.0 Å². The third-order valence-corrected chi connectivity index (χ3v) is 6.15. The highest BCUT2D eigenvalue weighted by Gasteiger charge is 2.23. The van der Waals surface area contributed by atoms with Gasteiger partial charge in [-0.3, -0.25) is 20.4 Å². The van der Waals surface area contributed by atoms with Crippen LogP contribution in [0.5, 0.6) is 5.75 Å². The van der Waals surface area contributed by atoms with E-state index in [0.29, 0.717) is 11.7 Å². The van der Waals surface area contributed by atoms with Gasteiger partial charge >= 0.3 is 0 Å². The van der Waals surface area contributed by atoms with Gasteiger partial charge in [0, 0.05) is 7.05 Å². The molecule has 0 saturated carbocycles. The highest BCUT2D eigenvalue weighted by Crippen LogP contribution is 2.20. The van der Waals surface area contributed by atoms with Crippen LogP contribution in [0.25, 0.3) is 0 Å². The summed E-state index contributed by atoms with van der Waals surface area (Å²) in [5, 5.41) is 0. The van der Waals surface area contributed by atoms with Crippen molar-refractivity contribution in [2.75, 3.05) is 20.2 Å². The SMILES string of the molecule is Cc1ccc(S(=O)(=O)N(C)CC(=O)NNC(=O)COc2cccc(C(C)C)c2)cc1. The molecule has 2 aromatic rings. The number of hydrazine groups is 1. The van der Waals surface area contributed by atoms with Gasteiger partial charge in [0.25, 0.3) is 11.8 Å². The van der Waals surface area contributed by atoms with E-state index in [0.717, 1.165) is 15.4 Å². The minimum atomic E-state index is -3.81. The van der Waals surface area contributed by atoms with Crippen LogP contribution < -0.4 is 15.6 Å². The number of aryl methyl sites for hydroxylation is 1. The molecule has 30 heavy (non-hydrogen) atoms. The average molecular weight is 434 g/mol. The predicted molar refractivity (Wildman–Crippen MR) is 113 cm³/mol. The number of nitrogens with one attached hydrogen (secondary N) is 2. The van der Waals surface area contributed by atoms with Crippen LogP contribution in [0.4, 0.5) is 0 Å². The molecule has 0 aromatic heterocycles. The lowest BCUT2D eigenvalue weighted by molar-refractivity contribution is -0.130. The number of rotatable bonds is 8. The van der Waals surface area contributed by atoms with Gasteiger partial charge in [-0.25, -0.2) is 8.42 Å². The van der Waals surface area contributed by atoms with Crippen LogP contribution in [0.15, 0.2) is 53.4 Å². The normalized spacial score (nSPS) is 11.4. The van der Waals surface area contributed by atoms with E-state index in [-0.39, 0.29) is 11.5 Å². The molecule has 9 heteroatoms. The van der Waals surface area contributed by atoms with E-state index in [1.54, 1.807) is 18.2 Å². The summed E-state index contributed by atoms with van der Waals surface area (Å²) in [7, 11) is -2.52. The molecule has 2 rings (SSSR count).